The maximum Gasteiger partial charge on any atom is 0.270 e. The van der Waals surface area contributed by atoms with E-state index in [-0.39, 0.29) is 15.4 Å². The van der Waals surface area contributed by atoms with Crippen LogP contribution in [0.25, 0.3) is 0 Å². The maximum absolute atomic E-state index is 12.6. The van der Waals surface area contributed by atoms with E-state index in [0.29, 0.717) is 11.3 Å². The highest BCUT2D eigenvalue weighted by atomic mass is 32.2. The van der Waals surface area contributed by atoms with Gasteiger partial charge in [-0.15, -0.1) is 10.2 Å². The summed E-state index contributed by atoms with van der Waals surface area (Å²) in [5.74, 6) is 0.294. The minimum atomic E-state index is -3.89. The summed E-state index contributed by atoms with van der Waals surface area (Å²) in [6, 6.07) is 15.1. The molecule has 1 heterocycles. The molecule has 0 aliphatic carbocycles. The van der Waals surface area contributed by atoms with Gasteiger partial charge in [-0.25, -0.2) is 13.1 Å². The SMILES string of the molecule is COc1ccc([C@H](C)NS(=O)(=O)c2nnc(NC(=O)c3ccccc3)s2)cc1. The van der Waals surface area contributed by atoms with Gasteiger partial charge in [-0.05, 0) is 36.8 Å². The quantitative estimate of drug-likeness (QED) is 0.571. The van der Waals surface area contributed by atoms with Gasteiger partial charge in [0, 0.05) is 11.6 Å². The van der Waals surface area contributed by atoms with Crippen molar-refractivity contribution in [1.29, 1.82) is 0 Å². The van der Waals surface area contributed by atoms with Gasteiger partial charge in [0.25, 0.3) is 15.9 Å². The van der Waals surface area contributed by atoms with Crippen LogP contribution in [0.5, 0.6) is 5.75 Å². The Bertz CT molecular complexity index is 1050. The van der Waals surface area contributed by atoms with Crippen molar-refractivity contribution in [2.24, 2.45) is 0 Å². The fourth-order valence-corrected chi connectivity index (χ4v) is 4.51. The van der Waals surface area contributed by atoms with Gasteiger partial charge < -0.3 is 4.74 Å². The van der Waals surface area contributed by atoms with E-state index < -0.39 is 16.1 Å². The third kappa shape index (κ3) is 4.71. The van der Waals surface area contributed by atoms with Crippen LogP contribution >= 0.6 is 11.3 Å². The molecule has 0 saturated carbocycles. The van der Waals surface area contributed by atoms with E-state index in [1.807, 2.05) is 0 Å². The average molecular weight is 419 g/mol. The van der Waals surface area contributed by atoms with Crippen molar-refractivity contribution in [3.8, 4) is 5.75 Å². The summed E-state index contributed by atoms with van der Waals surface area (Å²) in [5.41, 5.74) is 1.21. The van der Waals surface area contributed by atoms with Crippen molar-refractivity contribution in [2.45, 2.75) is 17.3 Å². The van der Waals surface area contributed by atoms with E-state index in [2.05, 4.69) is 20.2 Å². The number of aromatic nitrogens is 2. The number of hydrogen-bond donors (Lipinski definition) is 2. The first-order chi connectivity index (χ1) is 13.4. The molecule has 0 unspecified atom stereocenters. The van der Waals surface area contributed by atoms with Crippen molar-refractivity contribution < 1.29 is 17.9 Å². The number of nitrogens with one attached hydrogen (secondary N) is 2. The monoisotopic (exact) mass is 418 g/mol. The number of carbonyl (C=O) groups excluding carboxylic acids is 1. The molecule has 3 aromatic rings. The minimum absolute atomic E-state index is 0.103. The van der Waals surface area contributed by atoms with Gasteiger partial charge in [0.1, 0.15) is 5.75 Å². The Kier molecular flexibility index (Phi) is 6.02. The van der Waals surface area contributed by atoms with E-state index in [9.17, 15) is 13.2 Å². The molecule has 0 bridgehead atoms. The maximum atomic E-state index is 12.6. The van der Waals surface area contributed by atoms with Crippen LogP contribution in [0.4, 0.5) is 5.13 Å². The topological polar surface area (TPSA) is 110 Å². The molecular weight excluding hydrogens is 400 g/mol. The molecule has 0 aliphatic rings. The zero-order chi connectivity index (χ0) is 20.1. The van der Waals surface area contributed by atoms with Crippen LogP contribution in [0.15, 0.2) is 58.9 Å². The molecule has 1 atom stereocenters. The minimum Gasteiger partial charge on any atom is -0.497 e. The zero-order valence-electron chi connectivity index (χ0n) is 15.1. The number of hydrogen-bond acceptors (Lipinski definition) is 7. The van der Waals surface area contributed by atoms with Crippen LogP contribution in [0.3, 0.4) is 0 Å². The highest BCUT2D eigenvalue weighted by Gasteiger charge is 2.24. The Morgan fingerprint density at radius 2 is 1.75 bits per heavy atom. The van der Waals surface area contributed by atoms with Crippen LogP contribution in [0, 0.1) is 0 Å². The molecule has 0 saturated heterocycles. The predicted molar refractivity (Wildman–Crippen MR) is 106 cm³/mol. The fourth-order valence-electron chi connectivity index (χ4n) is 2.37. The van der Waals surface area contributed by atoms with Crippen LogP contribution in [0.2, 0.25) is 0 Å². The molecular formula is C18H18N4O4S2. The van der Waals surface area contributed by atoms with Gasteiger partial charge in [0.15, 0.2) is 0 Å². The van der Waals surface area contributed by atoms with Gasteiger partial charge in [-0.3, -0.25) is 10.1 Å². The summed E-state index contributed by atoms with van der Waals surface area (Å²) in [5, 5.41) is 10.1. The van der Waals surface area contributed by atoms with Gasteiger partial charge in [-0.2, -0.15) is 0 Å². The van der Waals surface area contributed by atoms with E-state index in [4.69, 9.17) is 4.74 Å². The third-order valence-corrected chi connectivity index (χ3v) is 6.59. The molecule has 28 heavy (non-hydrogen) atoms. The predicted octanol–water partition coefficient (Wildman–Crippen LogP) is 2.84. The van der Waals surface area contributed by atoms with Crippen LogP contribution < -0.4 is 14.8 Å². The van der Waals surface area contributed by atoms with E-state index >= 15 is 0 Å². The number of rotatable bonds is 7. The van der Waals surface area contributed by atoms with Gasteiger partial charge in [-0.1, -0.05) is 41.7 Å². The molecule has 10 heteroatoms. The summed E-state index contributed by atoms with van der Waals surface area (Å²) < 4.78 is 32.6. The number of sulfonamides is 1. The molecule has 146 valence electrons. The largest absolute Gasteiger partial charge is 0.497 e. The first kappa shape index (κ1) is 19.9. The molecule has 3 rings (SSSR count). The Balaban J connectivity index is 1.69. The summed E-state index contributed by atoms with van der Waals surface area (Å²) in [7, 11) is -2.33. The molecule has 0 fully saturated rings. The van der Waals surface area contributed by atoms with Crippen molar-refractivity contribution in [3.63, 3.8) is 0 Å². The van der Waals surface area contributed by atoms with Gasteiger partial charge in [0.2, 0.25) is 9.47 Å². The Hall–Kier alpha value is -2.82. The third-order valence-electron chi connectivity index (χ3n) is 3.84. The first-order valence-electron chi connectivity index (χ1n) is 8.25. The lowest BCUT2D eigenvalue weighted by atomic mass is 10.1. The number of methoxy groups -OCH3 is 1. The standard InChI is InChI=1S/C18H18N4O4S2/c1-12(13-8-10-15(26-2)11-9-13)22-28(24,25)18-21-20-17(27-18)19-16(23)14-6-4-3-5-7-14/h3-12,22H,1-2H3,(H,19,20,23)/t12-/m0/s1. The first-order valence-corrected chi connectivity index (χ1v) is 10.5. The van der Waals surface area contributed by atoms with Crippen LogP contribution in [0.1, 0.15) is 28.9 Å². The highest BCUT2D eigenvalue weighted by Crippen LogP contribution is 2.23. The Morgan fingerprint density at radius 1 is 1.07 bits per heavy atom. The summed E-state index contributed by atoms with van der Waals surface area (Å²) in [6.45, 7) is 1.72. The number of carbonyl (C=O) groups is 1. The lowest BCUT2D eigenvalue weighted by Crippen LogP contribution is -2.26. The van der Waals surface area contributed by atoms with E-state index in [1.165, 1.54) is 0 Å². The molecule has 0 spiro atoms. The fraction of sp³-hybridized carbons (Fsp3) is 0.167. The Labute approximate surface area is 166 Å². The van der Waals surface area contributed by atoms with Crippen molar-refractivity contribution in [3.05, 3.63) is 65.7 Å². The number of anilines is 1. The number of nitrogens with zero attached hydrogens (tertiary/aromatic N) is 2. The number of amides is 1. The van der Waals surface area contributed by atoms with Crippen molar-refractivity contribution >= 4 is 32.4 Å². The van der Waals surface area contributed by atoms with Crippen molar-refractivity contribution in [2.75, 3.05) is 12.4 Å². The van der Waals surface area contributed by atoms with Gasteiger partial charge >= 0.3 is 0 Å². The van der Waals surface area contributed by atoms with E-state index in [1.54, 1.807) is 68.6 Å². The molecule has 8 nitrogen and oxygen atoms in total. The average Bonchev–Trinajstić information content (AvgIpc) is 3.18. The summed E-state index contributed by atoms with van der Waals surface area (Å²) in [4.78, 5) is 12.1. The van der Waals surface area contributed by atoms with E-state index in [0.717, 1.165) is 16.9 Å². The number of benzene rings is 2. The second kappa shape index (κ2) is 8.46. The van der Waals surface area contributed by atoms with Crippen molar-refractivity contribution in [1.82, 2.24) is 14.9 Å². The lowest BCUT2D eigenvalue weighted by Gasteiger charge is -2.13. The number of ether oxygens (including phenoxy) is 1. The second-order valence-corrected chi connectivity index (χ2v) is 8.67. The molecule has 0 radical (unpaired) electrons. The summed E-state index contributed by atoms with van der Waals surface area (Å²) >= 11 is 0.781. The zero-order valence-corrected chi connectivity index (χ0v) is 16.8. The van der Waals surface area contributed by atoms with Gasteiger partial charge in [0.05, 0.1) is 7.11 Å². The summed E-state index contributed by atoms with van der Waals surface area (Å²) in [6.07, 6.45) is 0. The molecule has 0 aliphatic heterocycles. The molecule has 1 aromatic heterocycles. The second-order valence-electron chi connectivity index (χ2n) is 5.81. The smallest absolute Gasteiger partial charge is 0.270 e. The Morgan fingerprint density at radius 3 is 2.39 bits per heavy atom. The van der Waals surface area contributed by atoms with Crippen LogP contribution in [-0.2, 0) is 10.0 Å². The lowest BCUT2D eigenvalue weighted by molar-refractivity contribution is 0.102. The normalized spacial score (nSPS) is 12.4. The van der Waals surface area contributed by atoms with Crippen LogP contribution in [-0.4, -0.2) is 31.6 Å². The highest BCUT2D eigenvalue weighted by molar-refractivity contribution is 7.91. The molecule has 2 aromatic carbocycles. The molecule has 2 N–H and O–H groups in total. The molecule has 1 amide bonds.